The van der Waals surface area contributed by atoms with Gasteiger partial charge in [-0.1, -0.05) is 36.0 Å². The lowest BCUT2D eigenvalue weighted by Gasteiger charge is -2.30. The average Bonchev–Trinajstić information content (AvgIpc) is 3.07. The van der Waals surface area contributed by atoms with Crippen molar-refractivity contribution < 1.29 is 14.4 Å². The predicted octanol–water partition coefficient (Wildman–Crippen LogP) is 3.96. The molecule has 2 N–H and O–H groups in total. The Morgan fingerprint density at radius 2 is 1.91 bits per heavy atom. The molecular formula is C25H25ClN4O3S. The number of imide groups is 1. The number of thiocarbonyl (C=S) groups is 1. The fourth-order valence-corrected chi connectivity index (χ4v) is 5.19. The summed E-state index contributed by atoms with van der Waals surface area (Å²) >= 11 is 11.3. The normalized spacial score (nSPS) is 22.1. The highest BCUT2D eigenvalue weighted by Gasteiger charge is 2.39. The molecule has 0 unspecified atom stereocenters. The van der Waals surface area contributed by atoms with Crippen molar-refractivity contribution in [1.82, 2.24) is 10.2 Å². The van der Waals surface area contributed by atoms with Crippen molar-refractivity contribution in [3.05, 3.63) is 52.1 Å². The maximum atomic E-state index is 13.3. The minimum Gasteiger partial charge on any atom is -0.321 e. The number of nitrogens with one attached hydrogen (secondary N) is 2. The molecule has 0 spiro atoms. The third-order valence-corrected chi connectivity index (χ3v) is 7.25. The number of fused-ring (bicyclic) bond motifs is 1. The molecule has 0 saturated heterocycles. The van der Waals surface area contributed by atoms with Crippen molar-refractivity contribution >= 4 is 52.1 Å². The molecule has 3 amide bonds. The van der Waals surface area contributed by atoms with Crippen molar-refractivity contribution in [2.75, 3.05) is 25.0 Å². The molecule has 0 radical (unpaired) electrons. The van der Waals surface area contributed by atoms with Crippen LogP contribution in [-0.4, -0.2) is 47.1 Å². The van der Waals surface area contributed by atoms with E-state index >= 15 is 0 Å². The van der Waals surface area contributed by atoms with Gasteiger partial charge in [0.25, 0.3) is 17.7 Å². The summed E-state index contributed by atoms with van der Waals surface area (Å²) in [5.41, 5.74) is 1.11. The number of nitrogens with zero attached hydrogens (tertiary/aromatic N) is 2. The Balaban J connectivity index is 1.43. The van der Waals surface area contributed by atoms with Gasteiger partial charge in [-0.25, -0.2) is 0 Å². The Bertz CT molecular complexity index is 1150. The van der Waals surface area contributed by atoms with Gasteiger partial charge in [-0.2, -0.15) is 5.26 Å². The number of anilines is 1. The van der Waals surface area contributed by atoms with Crippen LogP contribution in [0.25, 0.3) is 0 Å². The minimum absolute atomic E-state index is 0.221. The van der Waals surface area contributed by atoms with Crippen molar-refractivity contribution in [3.8, 4) is 6.07 Å². The van der Waals surface area contributed by atoms with Gasteiger partial charge < -0.3 is 10.6 Å². The zero-order valence-corrected chi connectivity index (χ0v) is 20.2. The summed E-state index contributed by atoms with van der Waals surface area (Å²) in [5, 5.41) is 15.0. The van der Waals surface area contributed by atoms with E-state index in [0.29, 0.717) is 46.6 Å². The highest BCUT2D eigenvalue weighted by molar-refractivity contribution is 7.81. The fraction of sp³-hybridized carbons (Fsp3) is 0.400. The zero-order valence-electron chi connectivity index (χ0n) is 18.6. The molecular weight excluding hydrogens is 472 g/mol. The quantitative estimate of drug-likeness (QED) is 0.256. The first-order valence-electron chi connectivity index (χ1n) is 11.4. The highest BCUT2D eigenvalue weighted by Crippen LogP contribution is 2.34. The van der Waals surface area contributed by atoms with Crippen LogP contribution in [0.1, 0.15) is 52.8 Å². The van der Waals surface area contributed by atoms with E-state index < -0.39 is 5.91 Å². The van der Waals surface area contributed by atoms with Gasteiger partial charge in [0.05, 0.1) is 35.0 Å². The van der Waals surface area contributed by atoms with Crippen molar-refractivity contribution in [3.63, 3.8) is 0 Å². The number of amides is 3. The number of carbonyl (C=O) groups is 3. The number of benzene rings is 1. The number of rotatable bonds is 7. The van der Waals surface area contributed by atoms with Crippen LogP contribution in [0.3, 0.4) is 0 Å². The summed E-state index contributed by atoms with van der Waals surface area (Å²) in [7, 11) is 0. The second-order valence-corrected chi connectivity index (χ2v) is 9.78. The summed E-state index contributed by atoms with van der Waals surface area (Å²) in [6, 6.07) is 6.98. The molecule has 0 bridgehead atoms. The molecule has 1 heterocycles. The molecule has 9 heteroatoms. The number of nitriles is 1. The van der Waals surface area contributed by atoms with Crippen molar-refractivity contribution in [1.29, 1.82) is 5.26 Å². The average molecular weight is 497 g/mol. The first-order valence-corrected chi connectivity index (χ1v) is 12.2. The van der Waals surface area contributed by atoms with E-state index in [4.69, 9.17) is 29.1 Å². The van der Waals surface area contributed by atoms with Gasteiger partial charge in [0, 0.05) is 22.9 Å². The Labute approximate surface area is 208 Å². The van der Waals surface area contributed by atoms with Gasteiger partial charge in [-0.15, -0.1) is 0 Å². The van der Waals surface area contributed by atoms with Crippen LogP contribution in [0.2, 0.25) is 0 Å². The molecule has 3 aliphatic rings. The molecule has 2 aliphatic carbocycles. The van der Waals surface area contributed by atoms with Crippen LogP contribution in [0.15, 0.2) is 41.0 Å². The highest BCUT2D eigenvalue weighted by atomic mass is 35.5. The number of allylic oxidation sites excluding steroid dienone is 3. The number of carbonyl (C=O) groups excluding carboxylic acids is 3. The fourth-order valence-electron chi connectivity index (χ4n) is 4.77. The monoisotopic (exact) mass is 496 g/mol. The maximum absolute atomic E-state index is 13.3. The van der Waals surface area contributed by atoms with Gasteiger partial charge in [-0.05, 0) is 62.3 Å². The van der Waals surface area contributed by atoms with E-state index in [1.165, 1.54) is 11.0 Å². The zero-order chi connectivity index (χ0) is 24.2. The van der Waals surface area contributed by atoms with Gasteiger partial charge in [0.1, 0.15) is 0 Å². The van der Waals surface area contributed by atoms with E-state index in [1.807, 2.05) is 0 Å². The van der Waals surface area contributed by atoms with Crippen LogP contribution < -0.4 is 10.6 Å². The lowest BCUT2D eigenvalue weighted by molar-refractivity contribution is -0.112. The second-order valence-electron chi connectivity index (χ2n) is 8.85. The molecule has 1 aromatic rings. The topological polar surface area (TPSA) is 102 Å². The Morgan fingerprint density at radius 3 is 2.65 bits per heavy atom. The van der Waals surface area contributed by atoms with E-state index in [9.17, 15) is 14.4 Å². The van der Waals surface area contributed by atoms with Crippen LogP contribution in [0.4, 0.5) is 5.69 Å². The largest absolute Gasteiger partial charge is 0.321 e. The molecule has 176 valence electrons. The van der Waals surface area contributed by atoms with Crippen LogP contribution in [0, 0.1) is 23.2 Å². The van der Waals surface area contributed by atoms with E-state index in [1.54, 1.807) is 24.3 Å². The molecule has 7 nitrogen and oxygen atoms in total. The Hall–Kier alpha value is -2.86. The van der Waals surface area contributed by atoms with Crippen molar-refractivity contribution in [2.24, 2.45) is 11.8 Å². The summed E-state index contributed by atoms with van der Waals surface area (Å²) < 4.78 is 0. The minimum atomic E-state index is -0.452. The summed E-state index contributed by atoms with van der Waals surface area (Å²) in [5.74, 6) is -0.408. The molecule has 34 heavy (non-hydrogen) atoms. The SMILES string of the molecule is N#CCNCC1CCC(CN2C(=O)c3cccc(NC(=O)C4=CC(Cl)=CCC4=S)c3C2=O)CC1. The van der Waals surface area contributed by atoms with Crippen LogP contribution >= 0.6 is 23.8 Å². The third-order valence-electron chi connectivity index (χ3n) is 6.60. The van der Waals surface area contributed by atoms with Gasteiger partial charge >= 0.3 is 0 Å². The summed E-state index contributed by atoms with van der Waals surface area (Å²) in [6.45, 7) is 1.53. The van der Waals surface area contributed by atoms with Crippen LogP contribution in [-0.2, 0) is 4.79 Å². The maximum Gasteiger partial charge on any atom is 0.263 e. The van der Waals surface area contributed by atoms with E-state index in [0.717, 1.165) is 32.2 Å². The smallest absolute Gasteiger partial charge is 0.263 e. The lowest BCUT2D eigenvalue weighted by atomic mass is 9.81. The molecule has 1 aliphatic heterocycles. The van der Waals surface area contributed by atoms with Crippen LogP contribution in [0.5, 0.6) is 0 Å². The van der Waals surface area contributed by atoms with Crippen molar-refractivity contribution in [2.45, 2.75) is 32.1 Å². The second kappa shape index (κ2) is 10.6. The first kappa shape index (κ1) is 24.3. The predicted molar refractivity (Wildman–Crippen MR) is 134 cm³/mol. The Morgan fingerprint density at radius 1 is 1.18 bits per heavy atom. The number of halogens is 1. The molecule has 4 rings (SSSR count). The summed E-state index contributed by atoms with van der Waals surface area (Å²) in [4.78, 5) is 40.9. The number of hydrogen-bond donors (Lipinski definition) is 2. The molecule has 1 aromatic carbocycles. The molecule has 1 saturated carbocycles. The third kappa shape index (κ3) is 5.12. The Kier molecular flexibility index (Phi) is 7.57. The summed E-state index contributed by atoms with van der Waals surface area (Å²) in [6.07, 6.45) is 7.50. The van der Waals surface area contributed by atoms with E-state index in [-0.39, 0.29) is 28.9 Å². The first-order chi connectivity index (χ1) is 16.4. The molecule has 0 aromatic heterocycles. The lowest BCUT2D eigenvalue weighted by Crippen LogP contribution is -2.37. The van der Waals surface area contributed by atoms with Gasteiger partial charge in [-0.3, -0.25) is 19.3 Å². The van der Waals surface area contributed by atoms with Gasteiger partial charge in [0.15, 0.2) is 0 Å². The van der Waals surface area contributed by atoms with Gasteiger partial charge in [0.2, 0.25) is 0 Å². The molecule has 0 atom stereocenters. The number of hydrogen-bond acceptors (Lipinski definition) is 6. The standard InChI is InChI=1S/C25H25ClN4O3S/c26-17-8-9-21(34)19(12-17)23(31)29-20-3-1-2-18-22(20)25(33)30(24(18)32)14-16-6-4-15(5-7-16)13-28-11-10-27/h1-3,8,12,15-16,28H,4-7,9,11,13-14H2,(H,29,31). The molecule has 1 fully saturated rings. The van der Waals surface area contributed by atoms with E-state index in [2.05, 4.69) is 16.7 Å².